The lowest BCUT2D eigenvalue weighted by molar-refractivity contribution is 0.103. The fourth-order valence-electron chi connectivity index (χ4n) is 3.04. The molecule has 104 valence electrons. The molecule has 1 aromatic carbocycles. The zero-order valence-corrected chi connectivity index (χ0v) is 12.7. The van der Waals surface area contributed by atoms with E-state index in [4.69, 9.17) is 5.73 Å². The Morgan fingerprint density at radius 1 is 1.25 bits per heavy atom. The van der Waals surface area contributed by atoms with E-state index in [0.717, 1.165) is 17.5 Å². The normalized spacial score (nSPS) is 21.5. The Kier molecular flexibility index (Phi) is 3.38. The third-order valence-corrected chi connectivity index (χ3v) is 5.54. The van der Waals surface area contributed by atoms with Crippen molar-refractivity contribution in [1.29, 1.82) is 0 Å². The number of nitrogen functional groups attached to an aromatic ring is 1. The number of hydrogen-bond acceptors (Lipinski definition) is 3. The van der Waals surface area contributed by atoms with Gasteiger partial charge in [0.15, 0.2) is 5.78 Å². The zero-order valence-electron chi connectivity index (χ0n) is 11.8. The van der Waals surface area contributed by atoms with E-state index < -0.39 is 0 Å². The molecule has 2 aromatic rings. The summed E-state index contributed by atoms with van der Waals surface area (Å²) in [4.78, 5) is 14.1. The maximum atomic E-state index is 12.8. The maximum Gasteiger partial charge on any atom is 0.196 e. The highest BCUT2D eigenvalue weighted by Crippen LogP contribution is 2.45. The first-order valence-electron chi connectivity index (χ1n) is 7.10. The third-order valence-electron chi connectivity index (χ3n) is 4.45. The van der Waals surface area contributed by atoms with E-state index in [2.05, 4.69) is 13.8 Å². The van der Waals surface area contributed by atoms with Crippen molar-refractivity contribution in [3.05, 3.63) is 51.9 Å². The molecule has 0 amide bonds. The van der Waals surface area contributed by atoms with Crippen molar-refractivity contribution in [3.63, 3.8) is 0 Å². The zero-order chi connectivity index (χ0) is 14.3. The van der Waals surface area contributed by atoms with Gasteiger partial charge in [-0.25, -0.2) is 0 Å². The third kappa shape index (κ3) is 2.06. The van der Waals surface area contributed by atoms with Crippen molar-refractivity contribution in [3.8, 4) is 0 Å². The number of fused-ring (bicyclic) bond motifs is 1. The Bertz CT molecular complexity index is 645. The van der Waals surface area contributed by atoms with Crippen LogP contribution >= 0.6 is 11.3 Å². The number of hydrogen-bond donors (Lipinski definition) is 1. The van der Waals surface area contributed by atoms with Crippen LogP contribution in [-0.2, 0) is 6.42 Å². The van der Waals surface area contributed by atoms with E-state index in [0.29, 0.717) is 16.8 Å². The molecule has 1 aliphatic rings. The van der Waals surface area contributed by atoms with E-state index in [1.165, 1.54) is 16.9 Å². The van der Waals surface area contributed by atoms with Crippen LogP contribution in [0.5, 0.6) is 0 Å². The Morgan fingerprint density at radius 3 is 2.65 bits per heavy atom. The fraction of sp³-hybridized carbons (Fsp3) is 0.353. The Morgan fingerprint density at radius 2 is 1.95 bits per heavy atom. The second-order valence-corrected chi connectivity index (χ2v) is 6.81. The van der Waals surface area contributed by atoms with Crippen molar-refractivity contribution < 1.29 is 4.79 Å². The molecular formula is C17H19NOS. The smallest absolute Gasteiger partial charge is 0.196 e. The lowest BCUT2D eigenvalue weighted by Gasteiger charge is -2.26. The van der Waals surface area contributed by atoms with Crippen LogP contribution in [0.15, 0.2) is 30.3 Å². The molecule has 0 bridgehead atoms. The number of benzene rings is 1. The summed E-state index contributed by atoms with van der Waals surface area (Å²) in [6, 6.07) is 9.45. The average molecular weight is 285 g/mol. The molecule has 2 N–H and O–H groups in total. The van der Waals surface area contributed by atoms with Crippen LogP contribution in [0, 0.1) is 5.92 Å². The van der Waals surface area contributed by atoms with Crippen LogP contribution in [0.2, 0.25) is 0 Å². The Hall–Kier alpha value is -1.61. The van der Waals surface area contributed by atoms with Crippen molar-refractivity contribution >= 4 is 22.1 Å². The highest BCUT2D eigenvalue weighted by atomic mass is 32.1. The number of thiophene rings is 1. The average Bonchev–Trinajstić information content (AvgIpc) is 2.80. The fourth-order valence-corrected chi connectivity index (χ4v) is 4.23. The minimum absolute atomic E-state index is 0.0709. The minimum atomic E-state index is 0.0709. The number of nitrogens with two attached hydrogens (primary N) is 1. The van der Waals surface area contributed by atoms with Crippen LogP contribution in [0.1, 0.15) is 52.5 Å². The van der Waals surface area contributed by atoms with Gasteiger partial charge in [-0.05, 0) is 30.2 Å². The van der Waals surface area contributed by atoms with Gasteiger partial charge in [-0.2, -0.15) is 0 Å². The molecule has 1 aromatic heterocycles. The van der Waals surface area contributed by atoms with Gasteiger partial charge in [0, 0.05) is 10.4 Å². The van der Waals surface area contributed by atoms with Gasteiger partial charge in [-0.3, -0.25) is 4.79 Å². The van der Waals surface area contributed by atoms with Gasteiger partial charge in [-0.15, -0.1) is 11.3 Å². The molecule has 0 radical (unpaired) electrons. The molecule has 2 nitrogen and oxygen atoms in total. The minimum Gasteiger partial charge on any atom is -0.390 e. The van der Waals surface area contributed by atoms with Gasteiger partial charge in [-0.1, -0.05) is 44.2 Å². The predicted molar refractivity (Wildman–Crippen MR) is 84.5 cm³/mol. The molecule has 3 heteroatoms. The molecular weight excluding hydrogens is 266 g/mol. The van der Waals surface area contributed by atoms with Gasteiger partial charge in [0.2, 0.25) is 0 Å². The molecule has 0 saturated carbocycles. The molecule has 0 saturated heterocycles. The molecule has 1 aliphatic carbocycles. The topological polar surface area (TPSA) is 43.1 Å². The summed E-state index contributed by atoms with van der Waals surface area (Å²) in [7, 11) is 0. The summed E-state index contributed by atoms with van der Waals surface area (Å²) in [5.41, 5.74) is 8.86. The number of carbonyl (C=O) groups excluding carboxylic acids is 1. The van der Waals surface area contributed by atoms with Crippen LogP contribution in [0.4, 0.5) is 5.00 Å². The molecule has 0 fully saturated rings. The van der Waals surface area contributed by atoms with Gasteiger partial charge >= 0.3 is 0 Å². The van der Waals surface area contributed by atoms with E-state index >= 15 is 0 Å². The number of carbonyl (C=O) groups is 1. The van der Waals surface area contributed by atoms with Crippen molar-refractivity contribution in [1.82, 2.24) is 0 Å². The summed E-state index contributed by atoms with van der Waals surface area (Å²) < 4.78 is 0. The predicted octanol–water partition coefficient (Wildman–Crippen LogP) is 4.25. The second-order valence-electron chi connectivity index (χ2n) is 5.68. The highest BCUT2D eigenvalue weighted by Gasteiger charge is 2.31. The molecule has 1 heterocycles. The lowest BCUT2D eigenvalue weighted by Crippen LogP contribution is -2.17. The van der Waals surface area contributed by atoms with Crippen molar-refractivity contribution in [2.45, 2.75) is 32.6 Å². The molecule has 2 atom stereocenters. The number of ketones is 1. The summed E-state index contributed by atoms with van der Waals surface area (Å²) in [6.45, 7) is 4.48. The van der Waals surface area contributed by atoms with Crippen molar-refractivity contribution in [2.75, 3.05) is 5.73 Å². The quantitative estimate of drug-likeness (QED) is 0.838. The highest BCUT2D eigenvalue weighted by molar-refractivity contribution is 7.16. The van der Waals surface area contributed by atoms with Crippen molar-refractivity contribution in [2.24, 2.45) is 5.92 Å². The summed E-state index contributed by atoms with van der Waals surface area (Å²) >= 11 is 1.60. The van der Waals surface area contributed by atoms with E-state index in [1.807, 2.05) is 30.3 Å². The number of rotatable bonds is 2. The Labute approximate surface area is 123 Å². The summed E-state index contributed by atoms with van der Waals surface area (Å²) in [5, 5.41) is 0.685. The standard InChI is InChI=1S/C17H19NOS/c1-10-8-9-13-14(11(10)2)15(17(18)20-13)16(19)12-6-4-3-5-7-12/h3-7,10-11H,8-9,18H2,1-2H3. The monoisotopic (exact) mass is 285 g/mol. The lowest BCUT2D eigenvalue weighted by atomic mass is 9.78. The van der Waals surface area contributed by atoms with E-state index in [-0.39, 0.29) is 5.78 Å². The van der Waals surface area contributed by atoms with Gasteiger partial charge in [0.1, 0.15) is 0 Å². The number of aryl methyl sites for hydroxylation is 1. The first kappa shape index (κ1) is 13.4. The van der Waals surface area contributed by atoms with Crippen LogP contribution < -0.4 is 5.73 Å². The van der Waals surface area contributed by atoms with Crippen LogP contribution in [0.25, 0.3) is 0 Å². The van der Waals surface area contributed by atoms with Crippen LogP contribution in [-0.4, -0.2) is 5.78 Å². The van der Waals surface area contributed by atoms with Crippen LogP contribution in [0.3, 0.4) is 0 Å². The van der Waals surface area contributed by atoms with Gasteiger partial charge in [0.05, 0.1) is 10.6 Å². The summed E-state index contributed by atoms with van der Waals surface area (Å²) in [6.07, 6.45) is 2.24. The van der Waals surface area contributed by atoms with E-state index in [9.17, 15) is 4.79 Å². The largest absolute Gasteiger partial charge is 0.390 e. The van der Waals surface area contributed by atoms with Gasteiger partial charge in [0.25, 0.3) is 0 Å². The Balaban J connectivity index is 2.11. The SMILES string of the molecule is CC1CCc2sc(N)c(C(=O)c3ccccc3)c2C1C. The maximum absolute atomic E-state index is 12.8. The second kappa shape index (κ2) is 5.06. The molecule has 0 spiro atoms. The first-order valence-corrected chi connectivity index (χ1v) is 7.92. The molecule has 3 rings (SSSR count). The van der Waals surface area contributed by atoms with Gasteiger partial charge < -0.3 is 5.73 Å². The van der Waals surface area contributed by atoms with E-state index in [1.54, 1.807) is 11.3 Å². The number of anilines is 1. The molecule has 2 unspecified atom stereocenters. The first-order chi connectivity index (χ1) is 9.59. The molecule has 0 aliphatic heterocycles. The molecule has 20 heavy (non-hydrogen) atoms. The summed E-state index contributed by atoms with van der Waals surface area (Å²) in [5.74, 6) is 1.09.